The number of halogens is 1. The SMILES string of the molecule is CCOC(=O)c1ccc(NC(=O)COc2ccccc2C(C)C)cc1Cl. The number of anilines is 1. The second-order valence-electron chi connectivity index (χ2n) is 5.94. The Morgan fingerprint density at radius 3 is 2.54 bits per heavy atom. The minimum atomic E-state index is -0.496. The highest BCUT2D eigenvalue weighted by Crippen LogP contribution is 2.26. The van der Waals surface area contributed by atoms with Crippen molar-refractivity contribution >= 4 is 29.2 Å². The largest absolute Gasteiger partial charge is 0.483 e. The number of carbonyl (C=O) groups is 2. The van der Waals surface area contributed by atoms with Gasteiger partial charge in [0.1, 0.15) is 5.75 Å². The van der Waals surface area contributed by atoms with Crippen LogP contribution in [0.5, 0.6) is 5.75 Å². The number of rotatable bonds is 7. The van der Waals surface area contributed by atoms with E-state index in [4.69, 9.17) is 21.1 Å². The van der Waals surface area contributed by atoms with Crippen molar-refractivity contribution in [1.29, 1.82) is 0 Å². The molecule has 0 aliphatic heterocycles. The molecule has 0 atom stereocenters. The van der Waals surface area contributed by atoms with Crippen molar-refractivity contribution < 1.29 is 19.1 Å². The van der Waals surface area contributed by atoms with E-state index in [1.54, 1.807) is 13.0 Å². The van der Waals surface area contributed by atoms with Crippen LogP contribution in [0.3, 0.4) is 0 Å². The Labute approximate surface area is 158 Å². The molecule has 6 heteroatoms. The summed E-state index contributed by atoms with van der Waals surface area (Å²) < 4.78 is 10.6. The molecule has 2 aromatic rings. The summed E-state index contributed by atoms with van der Waals surface area (Å²) >= 11 is 6.09. The van der Waals surface area contributed by atoms with Crippen LogP contribution in [0.2, 0.25) is 5.02 Å². The normalized spacial score (nSPS) is 10.5. The van der Waals surface area contributed by atoms with Crippen LogP contribution in [0.1, 0.15) is 42.6 Å². The van der Waals surface area contributed by atoms with Crippen molar-refractivity contribution in [3.05, 3.63) is 58.6 Å². The van der Waals surface area contributed by atoms with Gasteiger partial charge in [0.25, 0.3) is 5.91 Å². The van der Waals surface area contributed by atoms with Crippen molar-refractivity contribution in [2.24, 2.45) is 0 Å². The summed E-state index contributed by atoms with van der Waals surface area (Å²) in [5.74, 6) is 0.171. The molecule has 2 aromatic carbocycles. The van der Waals surface area contributed by atoms with Gasteiger partial charge in [0, 0.05) is 5.69 Å². The van der Waals surface area contributed by atoms with E-state index in [9.17, 15) is 9.59 Å². The molecule has 0 aliphatic rings. The van der Waals surface area contributed by atoms with Crippen LogP contribution in [-0.4, -0.2) is 25.1 Å². The Morgan fingerprint density at radius 2 is 1.88 bits per heavy atom. The van der Waals surface area contributed by atoms with Crippen molar-refractivity contribution in [2.75, 3.05) is 18.5 Å². The van der Waals surface area contributed by atoms with Gasteiger partial charge in [-0.2, -0.15) is 0 Å². The van der Waals surface area contributed by atoms with Gasteiger partial charge in [-0.15, -0.1) is 0 Å². The van der Waals surface area contributed by atoms with Gasteiger partial charge >= 0.3 is 5.97 Å². The van der Waals surface area contributed by atoms with E-state index in [1.165, 1.54) is 12.1 Å². The number of esters is 1. The standard InChI is InChI=1S/C20H22ClNO4/c1-4-25-20(24)16-10-9-14(11-17(16)21)22-19(23)12-26-18-8-6-5-7-15(18)13(2)3/h5-11,13H,4,12H2,1-3H3,(H,22,23). The number of nitrogens with one attached hydrogen (secondary N) is 1. The number of para-hydroxylation sites is 1. The average molecular weight is 376 g/mol. The highest BCUT2D eigenvalue weighted by Gasteiger charge is 2.13. The molecule has 1 amide bonds. The molecule has 0 aromatic heterocycles. The van der Waals surface area contributed by atoms with Crippen LogP contribution < -0.4 is 10.1 Å². The molecule has 0 radical (unpaired) electrons. The minimum Gasteiger partial charge on any atom is -0.483 e. The Hall–Kier alpha value is -2.53. The summed E-state index contributed by atoms with van der Waals surface area (Å²) in [4.78, 5) is 23.9. The smallest absolute Gasteiger partial charge is 0.339 e. The van der Waals surface area contributed by atoms with E-state index in [0.717, 1.165) is 5.56 Å². The summed E-state index contributed by atoms with van der Waals surface area (Å²) in [6.45, 7) is 5.99. The molecular formula is C20H22ClNO4. The maximum absolute atomic E-state index is 12.1. The van der Waals surface area contributed by atoms with E-state index in [0.29, 0.717) is 17.4 Å². The molecular weight excluding hydrogens is 354 g/mol. The second-order valence-corrected chi connectivity index (χ2v) is 6.35. The van der Waals surface area contributed by atoms with Gasteiger partial charge in [-0.05, 0) is 42.7 Å². The zero-order valence-corrected chi connectivity index (χ0v) is 15.8. The molecule has 0 bridgehead atoms. The Morgan fingerprint density at radius 1 is 1.15 bits per heavy atom. The molecule has 0 saturated carbocycles. The third-order valence-corrected chi connectivity index (χ3v) is 3.96. The molecule has 0 unspecified atom stereocenters. The minimum absolute atomic E-state index is 0.124. The first-order chi connectivity index (χ1) is 12.4. The van der Waals surface area contributed by atoms with Crippen molar-refractivity contribution in [2.45, 2.75) is 26.7 Å². The van der Waals surface area contributed by atoms with E-state index in [1.807, 2.05) is 24.3 Å². The van der Waals surface area contributed by atoms with Crippen LogP contribution in [0.25, 0.3) is 0 Å². The maximum Gasteiger partial charge on any atom is 0.339 e. The number of ether oxygens (including phenoxy) is 2. The van der Waals surface area contributed by atoms with E-state index >= 15 is 0 Å². The molecule has 2 rings (SSSR count). The molecule has 0 spiro atoms. The van der Waals surface area contributed by atoms with Crippen LogP contribution in [-0.2, 0) is 9.53 Å². The molecule has 5 nitrogen and oxygen atoms in total. The van der Waals surface area contributed by atoms with Crippen LogP contribution in [0.4, 0.5) is 5.69 Å². The van der Waals surface area contributed by atoms with Crippen molar-refractivity contribution in [3.63, 3.8) is 0 Å². The highest BCUT2D eigenvalue weighted by atomic mass is 35.5. The van der Waals surface area contributed by atoms with Gasteiger partial charge in [-0.3, -0.25) is 4.79 Å². The summed E-state index contributed by atoms with van der Waals surface area (Å²) in [6, 6.07) is 12.2. The molecule has 1 N–H and O–H groups in total. The summed E-state index contributed by atoms with van der Waals surface area (Å²) in [7, 11) is 0. The van der Waals surface area contributed by atoms with Gasteiger partial charge in [0.05, 0.1) is 17.2 Å². The number of carbonyl (C=O) groups excluding carboxylic acids is 2. The molecule has 26 heavy (non-hydrogen) atoms. The first kappa shape index (κ1) is 19.8. The Balaban J connectivity index is 1.98. The lowest BCUT2D eigenvalue weighted by Crippen LogP contribution is -2.20. The zero-order chi connectivity index (χ0) is 19.1. The Bertz CT molecular complexity index is 789. The predicted octanol–water partition coefficient (Wildman–Crippen LogP) is 4.66. The second kappa shape index (κ2) is 9.25. The predicted molar refractivity (Wildman–Crippen MR) is 102 cm³/mol. The number of amides is 1. The topological polar surface area (TPSA) is 64.6 Å². The summed E-state index contributed by atoms with van der Waals surface area (Å²) in [6.07, 6.45) is 0. The first-order valence-electron chi connectivity index (χ1n) is 8.40. The van der Waals surface area contributed by atoms with Gasteiger partial charge in [-0.1, -0.05) is 43.6 Å². The van der Waals surface area contributed by atoms with Gasteiger partial charge in [0.15, 0.2) is 6.61 Å². The highest BCUT2D eigenvalue weighted by molar-refractivity contribution is 6.34. The van der Waals surface area contributed by atoms with E-state index in [2.05, 4.69) is 19.2 Å². The Kier molecular flexibility index (Phi) is 7.04. The lowest BCUT2D eigenvalue weighted by molar-refractivity contribution is -0.118. The summed E-state index contributed by atoms with van der Waals surface area (Å²) in [5.41, 5.74) is 1.78. The van der Waals surface area contributed by atoms with Crippen molar-refractivity contribution in [3.8, 4) is 5.75 Å². The molecule has 0 heterocycles. The number of hydrogen-bond donors (Lipinski definition) is 1. The third-order valence-electron chi connectivity index (χ3n) is 3.65. The summed E-state index contributed by atoms with van der Waals surface area (Å²) in [5, 5.41) is 2.91. The first-order valence-corrected chi connectivity index (χ1v) is 8.78. The molecule has 0 fully saturated rings. The van der Waals surface area contributed by atoms with E-state index < -0.39 is 5.97 Å². The monoisotopic (exact) mass is 375 g/mol. The van der Waals surface area contributed by atoms with Crippen LogP contribution in [0.15, 0.2) is 42.5 Å². The molecule has 138 valence electrons. The van der Waals surface area contributed by atoms with Crippen LogP contribution in [0, 0.1) is 0 Å². The van der Waals surface area contributed by atoms with Gasteiger partial charge < -0.3 is 14.8 Å². The molecule has 0 aliphatic carbocycles. The third kappa shape index (κ3) is 5.23. The average Bonchev–Trinajstić information content (AvgIpc) is 2.60. The fourth-order valence-electron chi connectivity index (χ4n) is 2.40. The fraction of sp³-hybridized carbons (Fsp3) is 0.300. The lowest BCUT2D eigenvalue weighted by Gasteiger charge is -2.14. The number of hydrogen-bond acceptors (Lipinski definition) is 4. The number of benzene rings is 2. The van der Waals surface area contributed by atoms with E-state index in [-0.39, 0.29) is 29.7 Å². The lowest BCUT2D eigenvalue weighted by atomic mass is 10.0. The zero-order valence-electron chi connectivity index (χ0n) is 15.0. The fourth-order valence-corrected chi connectivity index (χ4v) is 2.65. The van der Waals surface area contributed by atoms with Gasteiger partial charge in [0.2, 0.25) is 0 Å². The molecule has 0 saturated heterocycles. The van der Waals surface area contributed by atoms with Crippen LogP contribution >= 0.6 is 11.6 Å². The van der Waals surface area contributed by atoms with Gasteiger partial charge in [-0.25, -0.2) is 4.79 Å². The maximum atomic E-state index is 12.1. The van der Waals surface area contributed by atoms with Crippen molar-refractivity contribution in [1.82, 2.24) is 0 Å². The quantitative estimate of drug-likeness (QED) is 0.715.